The minimum Gasteiger partial charge on any atom is -0.485 e. The fourth-order valence-electron chi connectivity index (χ4n) is 4.60. The van der Waals surface area contributed by atoms with Crippen molar-refractivity contribution in [3.05, 3.63) is 83.9 Å². The number of nitrogen functional groups attached to an aromatic ring is 1. The van der Waals surface area contributed by atoms with Gasteiger partial charge in [0, 0.05) is 17.0 Å². The van der Waals surface area contributed by atoms with Crippen molar-refractivity contribution in [1.29, 1.82) is 5.41 Å². The first-order chi connectivity index (χ1) is 16.3. The van der Waals surface area contributed by atoms with Crippen LogP contribution in [0.4, 0.5) is 0 Å². The van der Waals surface area contributed by atoms with Crippen molar-refractivity contribution in [3.63, 3.8) is 0 Å². The summed E-state index contributed by atoms with van der Waals surface area (Å²) >= 11 is 0. The minimum atomic E-state index is -3.84. The van der Waals surface area contributed by atoms with Crippen molar-refractivity contribution in [3.8, 4) is 16.9 Å². The average Bonchev–Trinajstić information content (AvgIpc) is 3.42. The molecule has 2 aliphatic rings. The maximum absolute atomic E-state index is 11.9. The maximum Gasteiger partial charge on any atom is 0.238 e. The van der Waals surface area contributed by atoms with Gasteiger partial charge < -0.3 is 19.9 Å². The van der Waals surface area contributed by atoms with Crippen molar-refractivity contribution in [2.45, 2.75) is 29.1 Å². The van der Waals surface area contributed by atoms with Crippen LogP contribution in [0.2, 0.25) is 0 Å². The predicted octanol–water partition coefficient (Wildman–Crippen LogP) is 2.61. The Morgan fingerprint density at radius 3 is 2.26 bits per heavy atom. The van der Waals surface area contributed by atoms with Crippen LogP contribution in [0.15, 0.2) is 77.7 Å². The largest absolute Gasteiger partial charge is 0.485 e. The van der Waals surface area contributed by atoms with Crippen LogP contribution in [-0.2, 0) is 19.5 Å². The number of hydrogen-bond acceptors (Lipinski definition) is 6. The van der Waals surface area contributed by atoms with Gasteiger partial charge in [0.1, 0.15) is 17.7 Å². The van der Waals surface area contributed by atoms with E-state index < -0.39 is 10.0 Å². The highest BCUT2D eigenvalue weighted by molar-refractivity contribution is 7.89. The van der Waals surface area contributed by atoms with E-state index in [1.807, 2.05) is 36.4 Å². The van der Waals surface area contributed by atoms with Crippen molar-refractivity contribution < 1.29 is 22.6 Å². The van der Waals surface area contributed by atoms with E-state index >= 15 is 0 Å². The molecule has 176 valence electrons. The highest BCUT2D eigenvalue weighted by Crippen LogP contribution is 2.39. The van der Waals surface area contributed by atoms with Crippen molar-refractivity contribution in [2.75, 3.05) is 13.2 Å². The van der Waals surface area contributed by atoms with Crippen LogP contribution in [0.5, 0.6) is 5.75 Å². The first-order valence-corrected chi connectivity index (χ1v) is 12.4. The monoisotopic (exact) mass is 479 g/mol. The third-order valence-corrected chi connectivity index (χ3v) is 7.27. The topological polar surface area (TPSA) is 138 Å². The molecule has 0 unspecified atom stereocenters. The Kier molecular flexibility index (Phi) is 5.86. The zero-order chi connectivity index (χ0) is 23.9. The summed E-state index contributed by atoms with van der Waals surface area (Å²) in [7, 11) is -3.84. The van der Waals surface area contributed by atoms with Crippen molar-refractivity contribution >= 4 is 15.9 Å². The molecule has 0 bridgehead atoms. The van der Waals surface area contributed by atoms with Crippen LogP contribution in [0.25, 0.3) is 11.1 Å². The fraction of sp³-hybridized carbons (Fsp3) is 0.240. The Balaban J connectivity index is 1.28. The Labute approximate surface area is 198 Å². The van der Waals surface area contributed by atoms with E-state index in [-0.39, 0.29) is 35.0 Å². The number of fused-ring (bicyclic) bond motifs is 1. The summed E-state index contributed by atoms with van der Waals surface area (Å²) in [6, 6.07) is 21.4. The van der Waals surface area contributed by atoms with Gasteiger partial charge in [-0.05, 0) is 29.3 Å². The quantitative estimate of drug-likeness (QED) is 0.367. The van der Waals surface area contributed by atoms with E-state index in [1.54, 1.807) is 30.3 Å². The van der Waals surface area contributed by atoms with Gasteiger partial charge in [0.2, 0.25) is 10.0 Å². The zero-order valence-corrected chi connectivity index (χ0v) is 19.1. The molecule has 0 spiro atoms. The lowest BCUT2D eigenvalue weighted by molar-refractivity contribution is 0.0305. The first kappa shape index (κ1) is 22.5. The molecule has 3 aromatic carbocycles. The second-order valence-corrected chi connectivity index (χ2v) is 9.99. The summed E-state index contributed by atoms with van der Waals surface area (Å²) in [4.78, 5) is 0.0810. The fourth-order valence-corrected chi connectivity index (χ4v) is 5.36. The Bertz CT molecular complexity index is 1310. The van der Waals surface area contributed by atoms with Gasteiger partial charge in [0.25, 0.3) is 0 Å². The number of amidine groups is 1. The molecule has 4 atom stereocenters. The van der Waals surface area contributed by atoms with Crippen LogP contribution in [0.3, 0.4) is 0 Å². The summed E-state index contributed by atoms with van der Waals surface area (Å²) in [5, 5.41) is 12.9. The van der Waals surface area contributed by atoms with Crippen LogP contribution in [0.1, 0.15) is 17.0 Å². The van der Waals surface area contributed by atoms with Crippen LogP contribution < -0.4 is 15.6 Å². The van der Waals surface area contributed by atoms with Gasteiger partial charge in [0.05, 0.1) is 24.2 Å². The molecule has 5 rings (SSSR count). The molecule has 0 radical (unpaired) electrons. The molecule has 5 N–H and O–H groups in total. The smallest absolute Gasteiger partial charge is 0.238 e. The Morgan fingerprint density at radius 2 is 1.59 bits per heavy atom. The molecular weight excluding hydrogens is 454 g/mol. The SMILES string of the molecule is N=C(N)c1ccc([C@@H]2CO[C@H]3[C@@H]2OC[C@H]3Oc2ccc(-c3ccccc3S(N)(=O)=O)cc2)cc1. The maximum atomic E-state index is 11.9. The lowest BCUT2D eigenvalue weighted by Gasteiger charge is -2.18. The second-order valence-electron chi connectivity index (χ2n) is 8.46. The summed E-state index contributed by atoms with van der Waals surface area (Å²) in [5.41, 5.74) is 8.58. The van der Waals surface area contributed by atoms with Crippen LogP contribution in [0, 0.1) is 5.41 Å². The lowest BCUT2D eigenvalue weighted by Crippen LogP contribution is -2.33. The molecule has 8 nitrogen and oxygen atoms in total. The number of nitrogens with one attached hydrogen (secondary N) is 1. The Morgan fingerprint density at radius 1 is 0.912 bits per heavy atom. The van der Waals surface area contributed by atoms with Crippen molar-refractivity contribution in [2.24, 2.45) is 10.9 Å². The summed E-state index contributed by atoms with van der Waals surface area (Å²) < 4.78 is 42.1. The van der Waals surface area contributed by atoms with Gasteiger partial charge in [-0.25, -0.2) is 13.6 Å². The normalized spacial score (nSPS) is 24.0. The zero-order valence-electron chi connectivity index (χ0n) is 18.3. The molecule has 2 heterocycles. The molecule has 2 fully saturated rings. The standard InChI is InChI=1S/C25H25N3O5S/c26-25(27)17-7-5-16(6-8-17)20-13-31-24-21(14-32-23(20)24)33-18-11-9-15(10-12-18)19-3-1-2-4-22(19)34(28,29)30/h1-12,20-21,23-24H,13-14H2,(H3,26,27)(H2,28,29,30)/t20-,21+,23+,24+/m0/s1. The number of primary sulfonamides is 1. The molecular formula is C25H25N3O5S. The van der Waals surface area contributed by atoms with Crippen LogP contribution in [-0.4, -0.2) is 45.8 Å². The number of benzene rings is 3. The minimum absolute atomic E-state index is 0.0387. The average molecular weight is 480 g/mol. The van der Waals surface area contributed by atoms with E-state index in [9.17, 15) is 8.42 Å². The molecule has 2 saturated heterocycles. The van der Waals surface area contributed by atoms with E-state index in [0.717, 1.165) is 11.1 Å². The molecule has 0 saturated carbocycles. The lowest BCUT2D eigenvalue weighted by atomic mass is 9.92. The molecule has 2 aliphatic heterocycles. The summed E-state index contributed by atoms with van der Waals surface area (Å²) in [6.45, 7) is 0.936. The van der Waals surface area contributed by atoms with Gasteiger partial charge >= 0.3 is 0 Å². The third kappa shape index (κ3) is 4.30. The second kappa shape index (κ2) is 8.84. The van der Waals surface area contributed by atoms with Gasteiger partial charge in [-0.3, -0.25) is 5.41 Å². The number of hydrogen-bond donors (Lipinski definition) is 3. The third-order valence-electron chi connectivity index (χ3n) is 6.30. The number of rotatable bonds is 6. The molecule has 0 aromatic heterocycles. The summed E-state index contributed by atoms with van der Waals surface area (Å²) in [5.74, 6) is 0.762. The van der Waals surface area contributed by atoms with Gasteiger partial charge in [0.15, 0.2) is 6.10 Å². The predicted molar refractivity (Wildman–Crippen MR) is 127 cm³/mol. The number of sulfonamides is 1. The summed E-state index contributed by atoms with van der Waals surface area (Å²) in [6.07, 6.45) is -0.566. The van der Waals surface area contributed by atoms with E-state index in [0.29, 0.717) is 30.1 Å². The highest BCUT2D eigenvalue weighted by Gasteiger charge is 2.49. The molecule has 0 aliphatic carbocycles. The Hall–Kier alpha value is -3.24. The molecule has 0 amide bonds. The van der Waals surface area contributed by atoms with E-state index in [2.05, 4.69) is 0 Å². The number of ether oxygens (including phenoxy) is 3. The van der Waals surface area contributed by atoms with E-state index in [1.165, 1.54) is 6.07 Å². The van der Waals surface area contributed by atoms with E-state index in [4.69, 9.17) is 30.5 Å². The first-order valence-electron chi connectivity index (χ1n) is 10.9. The molecule has 34 heavy (non-hydrogen) atoms. The van der Waals surface area contributed by atoms with Crippen molar-refractivity contribution in [1.82, 2.24) is 0 Å². The molecule has 3 aromatic rings. The highest BCUT2D eigenvalue weighted by atomic mass is 32.2. The van der Waals surface area contributed by atoms with Gasteiger partial charge in [-0.2, -0.15) is 0 Å². The van der Waals surface area contributed by atoms with Gasteiger partial charge in [-0.1, -0.05) is 54.6 Å². The van der Waals surface area contributed by atoms with Gasteiger partial charge in [-0.15, -0.1) is 0 Å². The number of nitrogens with two attached hydrogens (primary N) is 2. The molecule has 9 heteroatoms. The van der Waals surface area contributed by atoms with Crippen LogP contribution >= 0.6 is 0 Å².